The van der Waals surface area contributed by atoms with Gasteiger partial charge in [0.25, 0.3) is 0 Å². The van der Waals surface area contributed by atoms with Gasteiger partial charge in [-0.15, -0.1) is 0 Å². The van der Waals surface area contributed by atoms with E-state index in [0.29, 0.717) is 22.3 Å². The molecule has 0 spiro atoms. The predicted octanol–water partition coefficient (Wildman–Crippen LogP) is 4.17. The van der Waals surface area contributed by atoms with Gasteiger partial charge in [-0.25, -0.2) is 4.98 Å². The van der Waals surface area contributed by atoms with Gasteiger partial charge >= 0.3 is 0 Å². The van der Waals surface area contributed by atoms with Crippen molar-refractivity contribution in [1.29, 1.82) is 0 Å². The SMILES string of the molecule is OCc1cc2ccccc2c(Oc2ccc(Cl)cc2)n1. The number of hydrogen-bond acceptors (Lipinski definition) is 3. The lowest BCUT2D eigenvalue weighted by Gasteiger charge is -2.09. The van der Waals surface area contributed by atoms with Crippen molar-refractivity contribution in [2.75, 3.05) is 0 Å². The molecule has 1 aromatic heterocycles. The Hall–Kier alpha value is -2.10. The molecule has 4 heteroatoms. The van der Waals surface area contributed by atoms with E-state index in [-0.39, 0.29) is 6.61 Å². The third kappa shape index (κ3) is 2.59. The highest BCUT2D eigenvalue weighted by molar-refractivity contribution is 6.30. The number of aliphatic hydroxyl groups excluding tert-OH is 1. The fraction of sp³-hybridized carbons (Fsp3) is 0.0625. The minimum absolute atomic E-state index is 0.123. The van der Waals surface area contributed by atoms with Crippen molar-refractivity contribution in [2.45, 2.75) is 6.61 Å². The molecule has 0 saturated heterocycles. The van der Waals surface area contributed by atoms with Crippen molar-refractivity contribution in [3.8, 4) is 11.6 Å². The number of ether oxygens (including phenoxy) is 1. The normalized spacial score (nSPS) is 10.7. The molecule has 100 valence electrons. The molecule has 0 saturated carbocycles. The summed E-state index contributed by atoms with van der Waals surface area (Å²) in [5, 5.41) is 11.8. The molecule has 0 amide bonds. The van der Waals surface area contributed by atoms with Crippen LogP contribution in [0.25, 0.3) is 10.8 Å². The number of hydrogen-bond donors (Lipinski definition) is 1. The maximum Gasteiger partial charge on any atom is 0.227 e. The van der Waals surface area contributed by atoms with E-state index in [1.165, 1.54) is 0 Å². The number of pyridine rings is 1. The van der Waals surface area contributed by atoms with E-state index in [2.05, 4.69) is 4.98 Å². The predicted molar refractivity (Wildman–Crippen MR) is 79.2 cm³/mol. The van der Waals surface area contributed by atoms with Crippen LogP contribution in [0.2, 0.25) is 5.02 Å². The fourth-order valence-electron chi connectivity index (χ4n) is 1.99. The van der Waals surface area contributed by atoms with Gasteiger partial charge in [0, 0.05) is 10.4 Å². The van der Waals surface area contributed by atoms with E-state index in [0.717, 1.165) is 10.8 Å². The van der Waals surface area contributed by atoms with Gasteiger partial charge in [-0.05, 0) is 41.8 Å². The maximum absolute atomic E-state index is 9.29. The zero-order valence-electron chi connectivity index (χ0n) is 10.6. The lowest BCUT2D eigenvalue weighted by atomic mass is 10.1. The lowest BCUT2D eigenvalue weighted by molar-refractivity contribution is 0.275. The van der Waals surface area contributed by atoms with Gasteiger partial charge < -0.3 is 9.84 Å². The minimum atomic E-state index is -0.123. The van der Waals surface area contributed by atoms with Gasteiger partial charge in [0.15, 0.2) is 0 Å². The summed E-state index contributed by atoms with van der Waals surface area (Å²) in [5.74, 6) is 1.14. The van der Waals surface area contributed by atoms with Gasteiger partial charge in [-0.3, -0.25) is 0 Å². The van der Waals surface area contributed by atoms with Crippen LogP contribution in [0.15, 0.2) is 54.6 Å². The number of halogens is 1. The number of aromatic nitrogens is 1. The summed E-state index contributed by atoms with van der Waals surface area (Å²) in [6.45, 7) is -0.123. The van der Waals surface area contributed by atoms with Crippen molar-refractivity contribution in [2.24, 2.45) is 0 Å². The van der Waals surface area contributed by atoms with E-state index in [4.69, 9.17) is 16.3 Å². The van der Waals surface area contributed by atoms with Crippen LogP contribution in [0, 0.1) is 0 Å². The van der Waals surface area contributed by atoms with Gasteiger partial charge in [-0.2, -0.15) is 0 Å². The molecule has 1 N–H and O–H groups in total. The fourth-order valence-corrected chi connectivity index (χ4v) is 2.12. The van der Waals surface area contributed by atoms with Crippen LogP contribution < -0.4 is 4.74 Å². The first kappa shape index (κ1) is 12.9. The zero-order valence-corrected chi connectivity index (χ0v) is 11.3. The second kappa shape index (κ2) is 5.49. The number of aliphatic hydroxyl groups is 1. The van der Waals surface area contributed by atoms with Crippen LogP contribution in [0.5, 0.6) is 11.6 Å². The van der Waals surface area contributed by atoms with Crippen molar-refractivity contribution in [3.63, 3.8) is 0 Å². The van der Waals surface area contributed by atoms with Crippen molar-refractivity contribution in [3.05, 3.63) is 65.3 Å². The Morgan fingerprint density at radius 2 is 1.80 bits per heavy atom. The average Bonchev–Trinajstić information content (AvgIpc) is 2.49. The molecular formula is C16H12ClNO2. The summed E-state index contributed by atoms with van der Waals surface area (Å²) in [6.07, 6.45) is 0. The van der Waals surface area contributed by atoms with E-state index < -0.39 is 0 Å². The molecule has 3 rings (SSSR count). The summed E-state index contributed by atoms with van der Waals surface area (Å²) < 4.78 is 5.81. The minimum Gasteiger partial charge on any atom is -0.438 e. The van der Waals surface area contributed by atoms with E-state index in [9.17, 15) is 5.11 Å². The third-order valence-corrected chi connectivity index (χ3v) is 3.20. The van der Waals surface area contributed by atoms with Crippen molar-refractivity contribution < 1.29 is 9.84 Å². The number of fused-ring (bicyclic) bond motifs is 1. The number of rotatable bonds is 3. The molecule has 3 nitrogen and oxygen atoms in total. The Kier molecular flexibility index (Phi) is 3.54. The Bertz CT molecular complexity index is 741. The van der Waals surface area contributed by atoms with Gasteiger partial charge in [-0.1, -0.05) is 29.8 Å². The van der Waals surface area contributed by atoms with Crippen LogP contribution in [-0.2, 0) is 6.61 Å². The molecule has 0 radical (unpaired) electrons. The van der Waals surface area contributed by atoms with E-state index in [1.54, 1.807) is 24.3 Å². The maximum atomic E-state index is 9.29. The van der Waals surface area contributed by atoms with Crippen LogP contribution in [-0.4, -0.2) is 10.1 Å². The molecule has 0 aliphatic rings. The lowest BCUT2D eigenvalue weighted by Crippen LogP contribution is -1.95. The third-order valence-electron chi connectivity index (χ3n) is 2.95. The molecule has 0 aliphatic carbocycles. The van der Waals surface area contributed by atoms with Crippen LogP contribution in [0.3, 0.4) is 0 Å². The Labute approximate surface area is 121 Å². The van der Waals surface area contributed by atoms with Crippen LogP contribution in [0.1, 0.15) is 5.69 Å². The topological polar surface area (TPSA) is 42.4 Å². The first-order chi connectivity index (χ1) is 9.76. The monoisotopic (exact) mass is 285 g/mol. The smallest absolute Gasteiger partial charge is 0.227 e. The number of benzene rings is 2. The second-order valence-corrected chi connectivity index (χ2v) is 4.79. The molecule has 1 heterocycles. The average molecular weight is 286 g/mol. The summed E-state index contributed by atoms with van der Waals surface area (Å²) in [5.41, 5.74) is 0.577. The summed E-state index contributed by atoms with van der Waals surface area (Å²) >= 11 is 5.85. The Balaban J connectivity index is 2.07. The molecule has 0 fully saturated rings. The number of nitrogens with zero attached hydrogens (tertiary/aromatic N) is 1. The van der Waals surface area contributed by atoms with Crippen LogP contribution in [0.4, 0.5) is 0 Å². The standard InChI is InChI=1S/C16H12ClNO2/c17-12-5-7-14(8-6-12)20-16-15-4-2-1-3-11(15)9-13(10-19)18-16/h1-9,19H,10H2. The van der Waals surface area contributed by atoms with Gasteiger partial charge in [0.05, 0.1) is 12.3 Å². The molecule has 0 unspecified atom stereocenters. The largest absolute Gasteiger partial charge is 0.438 e. The molecule has 20 heavy (non-hydrogen) atoms. The van der Waals surface area contributed by atoms with E-state index in [1.807, 2.05) is 30.3 Å². The molecule has 0 atom stereocenters. The zero-order chi connectivity index (χ0) is 13.9. The van der Waals surface area contributed by atoms with Gasteiger partial charge in [0.2, 0.25) is 5.88 Å². The molecular weight excluding hydrogens is 274 g/mol. The summed E-state index contributed by atoms with van der Waals surface area (Å²) in [7, 11) is 0. The summed E-state index contributed by atoms with van der Waals surface area (Å²) in [6, 6.07) is 16.7. The van der Waals surface area contributed by atoms with Crippen molar-refractivity contribution >= 4 is 22.4 Å². The van der Waals surface area contributed by atoms with Gasteiger partial charge in [0.1, 0.15) is 5.75 Å². The highest BCUT2D eigenvalue weighted by atomic mass is 35.5. The Morgan fingerprint density at radius 1 is 1.05 bits per heavy atom. The summed E-state index contributed by atoms with van der Waals surface area (Å²) in [4.78, 5) is 4.33. The first-order valence-electron chi connectivity index (χ1n) is 6.19. The quantitative estimate of drug-likeness (QED) is 0.785. The highest BCUT2D eigenvalue weighted by Gasteiger charge is 2.07. The van der Waals surface area contributed by atoms with E-state index >= 15 is 0 Å². The van der Waals surface area contributed by atoms with Crippen LogP contribution >= 0.6 is 11.6 Å². The molecule has 3 aromatic rings. The highest BCUT2D eigenvalue weighted by Crippen LogP contribution is 2.29. The van der Waals surface area contributed by atoms with Crippen molar-refractivity contribution in [1.82, 2.24) is 4.98 Å². The second-order valence-electron chi connectivity index (χ2n) is 4.35. The molecule has 0 aliphatic heterocycles. The first-order valence-corrected chi connectivity index (χ1v) is 6.57. The molecule has 2 aromatic carbocycles. The Morgan fingerprint density at radius 3 is 2.55 bits per heavy atom. The molecule has 0 bridgehead atoms.